The molecule has 0 radical (unpaired) electrons. The van der Waals surface area contributed by atoms with Gasteiger partial charge in [-0.05, 0) is 92.6 Å². The van der Waals surface area contributed by atoms with Crippen molar-refractivity contribution in [3.63, 3.8) is 0 Å². The molecule has 1 N–H and O–H groups in total. The number of nitrogens with one attached hydrogen (secondary N) is 1. The number of rotatable bonds is 5. The molecule has 6 nitrogen and oxygen atoms in total. The van der Waals surface area contributed by atoms with Crippen LogP contribution >= 0.6 is 12.2 Å². The molecule has 1 saturated heterocycles. The number of ether oxygens (including phenoxy) is 1. The summed E-state index contributed by atoms with van der Waals surface area (Å²) in [4.78, 5) is 19.2. The average Bonchev–Trinajstić information content (AvgIpc) is 3.40. The SMILES string of the molecule is COC(=O)c1ccccc1-n1c(C)cc([C@H]2[C@@H](c3ccccn3)NC(=S)N2c2ccc(F)c(C)c2)c1C. The van der Waals surface area contributed by atoms with Crippen molar-refractivity contribution in [3.8, 4) is 5.69 Å². The van der Waals surface area contributed by atoms with Crippen molar-refractivity contribution < 1.29 is 13.9 Å². The molecule has 188 valence electrons. The number of esters is 1. The zero-order valence-electron chi connectivity index (χ0n) is 21.0. The van der Waals surface area contributed by atoms with E-state index in [0.29, 0.717) is 16.2 Å². The summed E-state index contributed by atoms with van der Waals surface area (Å²) in [6.07, 6.45) is 1.76. The predicted molar refractivity (Wildman–Crippen MR) is 146 cm³/mol. The molecule has 2 aromatic carbocycles. The second-order valence-electron chi connectivity index (χ2n) is 9.10. The molecule has 5 rings (SSSR count). The van der Waals surface area contributed by atoms with Crippen molar-refractivity contribution in [2.24, 2.45) is 0 Å². The molecule has 0 amide bonds. The smallest absolute Gasteiger partial charge is 0.339 e. The molecule has 4 aromatic rings. The molecule has 0 saturated carbocycles. The number of hydrogen-bond acceptors (Lipinski definition) is 4. The van der Waals surface area contributed by atoms with Gasteiger partial charge in [0, 0.05) is 23.3 Å². The first-order chi connectivity index (χ1) is 17.8. The first kappa shape index (κ1) is 24.6. The molecule has 0 spiro atoms. The number of nitrogens with zero attached hydrogens (tertiary/aromatic N) is 3. The highest BCUT2D eigenvalue weighted by atomic mass is 32.1. The molecule has 2 atom stereocenters. The molecule has 8 heteroatoms. The molecule has 0 aliphatic carbocycles. The van der Waals surface area contributed by atoms with Crippen LogP contribution in [0.4, 0.5) is 10.1 Å². The van der Waals surface area contributed by atoms with E-state index < -0.39 is 5.97 Å². The van der Waals surface area contributed by atoms with Gasteiger partial charge in [-0.1, -0.05) is 18.2 Å². The largest absolute Gasteiger partial charge is 0.465 e. The summed E-state index contributed by atoms with van der Waals surface area (Å²) in [5, 5.41) is 3.99. The van der Waals surface area contributed by atoms with Gasteiger partial charge in [-0.2, -0.15) is 0 Å². The number of carbonyl (C=O) groups is 1. The third kappa shape index (κ3) is 4.27. The quantitative estimate of drug-likeness (QED) is 0.264. The second kappa shape index (κ2) is 9.78. The highest BCUT2D eigenvalue weighted by Crippen LogP contribution is 2.44. The van der Waals surface area contributed by atoms with E-state index >= 15 is 0 Å². The third-order valence-electron chi connectivity index (χ3n) is 6.86. The molecule has 0 bridgehead atoms. The molecule has 1 aliphatic rings. The van der Waals surface area contributed by atoms with Gasteiger partial charge in [-0.15, -0.1) is 0 Å². The van der Waals surface area contributed by atoms with Crippen LogP contribution < -0.4 is 10.2 Å². The number of hydrogen-bond donors (Lipinski definition) is 1. The number of methoxy groups -OCH3 is 1. The van der Waals surface area contributed by atoms with Crippen molar-refractivity contribution in [1.29, 1.82) is 0 Å². The summed E-state index contributed by atoms with van der Waals surface area (Å²) in [7, 11) is 1.38. The van der Waals surface area contributed by atoms with Crippen LogP contribution in [0.3, 0.4) is 0 Å². The van der Waals surface area contributed by atoms with Gasteiger partial charge in [-0.25, -0.2) is 9.18 Å². The molecule has 37 heavy (non-hydrogen) atoms. The Bertz CT molecular complexity index is 1500. The molecular formula is C29H27FN4O2S. The third-order valence-corrected chi connectivity index (χ3v) is 7.17. The lowest BCUT2D eigenvalue weighted by Gasteiger charge is -2.28. The second-order valence-corrected chi connectivity index (χ2v) is 9.49. The van der Waals surface area contributed by atoms with Crippen molar-refractivity contribution in [2.75, 3.05) is 12.0 Å². The Morgan fingerprint density at radius 2 is 1.81 bits per heavy atom. The lowest BCUT2D eigenvalue weighted by atomic mass is 9.96. The van der Waals surface area contributed by atoms with Gasteiger partial charge in [0.15, 0.2) is 5.11 Å². The molecule has 0 unspecified atom stereocenters. The minimum absolute atomic E-state index is 0.246. The Morgan fingerprint density at radius 1 is 1.05 bits per heavy atom. The minimum atomic E-state index is -0.400. The fourth-order valence-corrected chi connectivity index (χ4v) is 5.48. The van der Waals surface area contributed by atoms with Crippen LogP contribution in [0.5, 0.6) is 0 Å². The number of aryl methyl sites for hydroxylation is 2. The van der Waals surface area contributed by atoms with Gasteiger partial charge < -0.3 is 19.5 Å². The van der Waals surface area contributed by atoms with Crippen LogP contribution in [-0.2, 0) is 4.74 Å². The van der Waals surface area contributed by atoms with E-state index in [-0.39, 0.29) is 17.9 Å². The zero-order chi connectivity index (χ0) is 26.3. The van der Waals surface area contributed by atoms with Gasteiger partial charge in [0.2, 0.25) is 0 Å². The number of carbonyl (C=O) groups excluding carboxylic acids is 1. The van der Waals surface area contributed by atoms with Gasteiger partial charge in [-0.3, -0.25) is 4.98 Å². The lowest BCUT2D eigenvalue weighted by molar-refractivity contribution is 0.0600. The summed E-state index contributed by atoms with van der Waals surface area (Å²) in [5.74, 6) is -0.666. The number of pyridine rings is 1. The summed E-state index contributed by atoms with van der Waals surface area (Å²) >= 11 is 5.83. The van der Waals surface area contributed by atoms with Crippen LogP contribution in [0, 0.1) is 26.6 Å². The summed E-state index contributed by atoms with van der Waals surface area (Å²) in [6, 6.07) is 19.8. The maximum Gasteiger partial charge on any atom is 0.339 e. The number of anilines is 1. The van der Waals surface area contributed by atoms with Crippen molar-refractivity contribution in [3.05, 3.63) is 113 Å². The van der Waals surface area contributed by atoms with E-state index in [4.69, 9.17) is 17.0 Å². The van der Waals surface area contributed by atoms with Crippen molar-refractivity contribution in [2.45, 2.75) is 32.9 Å². The maximum atomic E-state index is 14.2. The van der Waals surface area contributed by atoms with Gasteiger partial charge in [0.05, 0.1) is 36.1 Å². The molecule has 1 aliphatic heterocycles. The lowest BCUT2D eigenvalue weighted by Crippen LogP contribution is -2.29. The van der Waals surface area contributed by atoms with Crippen molar-refractivity contribution in [1.82, 2.24) is 14.9 Å². The van der Waals surface area contributed by atoms with Crippen LogP contribution in [0.15, 0.2) is 72.9 Å². The van der Waals surface area contributed by atoms with Gasteiger partial charge >= 0.3 is 5.97 Å². The first-order valence-corrected chi connectivity index (χ1v) is 12.4. The number of benzene rings is 2. The fourth-order valence-electron chi connectivity index (χ4n) is 5.14. The maximum absolute atomic E-state index is 14.2. The highest BCUT2D eigenvalue weighted by Gasteiger charge is 2.42. The number of aromatic nitrogens is 2. The highest BCUT2D eigenvalue weighted by molar-refractivity contribution is 7.80. The number of thiocarbonyl (C=S) groups is 1. The van der Waals surface area contributed by atoms with E-state index in [1.807, 2.05) is 61.2 Å². The van der Waals surface area contributed by atoms with Crippen LogP contribution in [0.2, 0.25) is 0 Å². The van der Waals surface area contributed by atoms with Crippen LogP contribution in [0.1, 0.15) is 50.7 Å². The summed E-state index contributed by atoms with van der Waals surface area (Å²) in [5.41, 5.74) is 6.32. The summed E-state index contributed by atoms with van der Waals surface area (Å²) in [6.45, 7) is 5.78. The van der Waals surface area contributed by atoms with Gasteiger partial charge in [0.1, 0.15) is 5.82 Å². The minimum Gasteiger partial charge on any atom is -0.465 e. The van der Waals surface area contributed by atoms with E-state index in [0.717, 1.165) is 34.0 Å². The summed E-state index contributed by atoms with van der Waals surface area (Å²) < 4.78 is 21.3. The Hall–Kier alpha value is -4.04. The van der Waals surface area contributed by atoms with Crippen LogP contribution in [0.25, 0.3) is 5.69 Å². The van der Waals surface area contributed by atoms with Crippen LogP contribution in [-0.4, -0.2) is 27.7 Å². The zero-order valence-corrected chi connectivity index (χ0v) is 21.8. The number of para-hydroxylation sites is 1. The number of halogens is 1. The topological polar surface area (TPSA) is 59.4 Å². The molecule has 2 aromatic heterocycles. The molecular weight excluding hydrogens is 487 g/mol. The van der Waals surface area contributed by atoms with E-state index in [1.54, 1.807) is 25.3 Å². The Morgan fingerprint density at radius 3 is 2.51 bits per heavy atom. The molecule has 1 fully saturated rings. The van der Waals surface area contributed by atoms with Crippen molar-refractivity contribution >= 4 is 29.0 Å². The molecule has 3 heterocycles. The van der Waals surface area contributed by atoms with E-state index in [9.17, 15) is 9.18 Å². The Kier molecular flexibility index (Phi) is 6.52. The standard InChI is InChI=1S/C29H27FN4O2S/c1-17-15-20(12-13-23(17)30)34-27(26(32-29(34)37)24-10-7-8-14-31-24)22-16-18(2)33(19(22)3)25-11-6-5-9-21(25)28(35)36-4/h5-16,26-27H,1-4H3,(H,32,37)/t26-,27+/m1/s1. The predicted octanol–water partition coefficient (Wildman–Crippen LogP) is 5.90. The Balaban J connectivity index is 1.70. The van der Waals surface area contributed by atoms with E-state index in [1.165, 1.54) is 13.2 Å². The average molecular weight is 515 g/mol. The fraction of sp³-hybridized carbons (Fsp3) is 0.207. The van der Waals surface area contributed by atoms with E-state index in [2.05, 4.69) is 20.9 Å². The van der Waals surface area contributed by atoms with Gasteiger partial charge in [0.25, 0.3) is 0 Å². The Labute approximate surface area is 220 Å². The monoisotopic (exact) mass is 514 g/mol. The normalized spacial score (nSPS) is 17.1. The first-order valence-electron chi connectivity index (χ1n) is 11.9.